The third-order valence-electron chi connectivity index (χ3n) is 5.93. The molecule has 4 heterocycles. The summed E-state index contributed by atoms with van der Waals surface area (Å²) in [6.45, 7) is 3.81. The number of pyridine rings is 1. The van der Waals surface area contributed by atoms with Crippen LogP contribution in [0.15, 0.2) is 70.5 Å². The van der Waals surface area contributed by atoms with Crippen LogP contribution in [0.4, 0.5) is 0 Å². The number of furan rings is 1. The zero-order valence-electron chi connectivity index (χ0n) is 17.4. The topological polar surface area (TPSA) is 96.1 Å². The van der Waals surface area contributed by atoms with Gasteiger partial charge in [0.05, 0.1) is 24.5 Å². The van der Waals surface area contributed by atoms with Gasteiger partial charge in [0.2, 0.25) is 5.78 Å². The molecule has 32 heavy (non-hydrogen) atoms. The molecular weight excluding hydrogens is 410 g/mol. The number of carbonyl (C=O) groups is 2. The number of carbonyl (C=O) groups excluding carboxylic acids is 2. The van der Waals surface area contributed by atoms with Gasteiger partial charge in [0, 0.05) is 37.8 Å². The molecule has 0 saturated carbocycles. The number of fused-ring (bicyclic) bond motifs is 1. The van der Waals surface area contributed by atoms with Crippen molar-refractivity contribution in [3.05, 3.63) is 77.5 Å². The molecule has 1 saturated heterocycles. The molecule has 0 aliphatic carbocycles. The largest absolute Gasteiger partial charge is 0.503 e. The minimum atomic E-state index is -0.787. The van der Waals surface area contributed by atoms with E-state index >= 15 is 0 Å². The van der Waals surface area contributed by atoms with Gasteiger partial charge in [-0.1, -0.05) is 24.3 Å². The quantitative estimate of drug-likeness (QED) is 0.597. The fourth-order valence-corrected chi connectivity index (χ4v) is 4.26. The van der Waals surface area contributed by atoms with Crippen LogP contribution in [0.25, 0.3) is 11.0 Å². The average Bonchev–Trinajstić information content (AvgIpc) is 3.38. The maximum atomic E-state index is 13.5. The average molecular weight is 433 g/mol. The monoisotopic (exact) mass is 433 g/mol. The van der Waals surface area contributed by atoms with Crippen LogP contribution in [0.2, 0.25) is 0 Å². The number of ether oxygens (including phenoxy) is 1. The predicted molar refractivity (Wildman–Crippen MR) is 116 cm³/mol. The number of hydrogen-bond donors (Lipinski definition) is 1. The number of Topliss-reactive ketones (excluding diaryl/α,β-unsaturated/α-hetero) is 1. The van der Waals surface area contributed by atoms with Crippen LogP contribution in [0, 0.1) is 0 Å². The minimum absolute atomic E-state index is 0.00488. The first-order valence-corrected chi connectivity index (χ1v) is 10.6. The molecular formula is C24H23N3O5. The summed E-state index contributed by atoms with van der Waals surface area (Å²) < 4.78 is 11.1. The number of aromatic nitrogens is 1. The van der Waals surface area contributed by atoms with Gasteiger partial charge < -0.3 is 19.2 Å². The fourth-order valence-electron chi connectivity index (χ4n) is 4.26. The molecule has 3 aromatic rings. The number of hydrogen-bond acceptors (Lipinski definition) is 7. The highest BCUT2D eigenvalue weighted by Crippen LogP contribution is 2.38. The van der Waals surface area contributed by atoms with E-state index in [0.29, 0.717) is 37.6 Å². The molecule has 0 radical (unpaired) electrons. The summed E-state index contributed by atoms with van der Waals surface area (Å²) in [5, 5.41) is 11.5. The number of morpholine rings is 1. The lowest BCUT2D eigenvalue weighted by Crippen LogP contribution is -2.43. The Morgan fingerprint density at radius 3 is 2.62 bits per heavy atom. The highest BCUT2D eigenvalue weighted by Gasteiger charge is 2.45. The van der Waals surface area contributed by atoms with Gasteiger partial charge in [-0.15, -0.1) is 0 Å². The van der Waals surface area contributed by atoms with Crippen molar-refractivity contribution in [2.75, 3.05) is 39.4 Å². The lowest BCUT2D eigenvalue weighted by atomic mass is 9.98. The second-order valence-corrected chi connectivity index (χ2v) is 7.85. The molecule has 1 unspecified atom stereocenters. The zero-order chi connectivity index (χ0) is 22.1. The summed E-state index contributed by atoms with van der Waals surface area (Å²) in [7, 11) is 0. The second-order valence-electron chi connectivity index (χ2n) is 7.85. The molecule has 2 aliphatic rings. The Hall–Kier alpha value is -3.49. The number of nitrogens with zero attached hydrogens (tertiary/aromatic N) is 3. The van der Waals surface area contributed by atoms with Crippen LogP contribution >= 0.6 is 0 Å². The molecule has 1 N–H and O–H groups in total. The normalized spacial score (nSPS) is 19.8. The number of amides is 1. The minimum Gasteiger partial charge on any atom is -0.503 e. The number of aliphatic hydroxyl groups excluding tert-OH is 1. The van der Waals surface area contributed by atoms with Crippen LogP contribution in [-0.4, -0.2) is 71.0 Å². The van der Waals surface area contributed by atoms with E-state index < -0.39 is 23.5 Å². The summed E-state index contributed by atoms with van der Waals surface area (Å²) in [6.07, 6.45) is 1.61. The van der Waals surface area contributed by atoms with E-state index in [4.69, 9.17) is 9.15 Å². The number of ketones is 1. The van der Waals surface area contributed by atoms with Gasteiger partial charge in [-0.2, -0.15) is 0 Å². The summed E-state index contributed by atoms with van der Waals surface area (Å²) in [5.41, 5.74) is 1.08. The van der Waals surface area contributed by atoms with Gasteiger partial charge in [-0.05, 0) is 24.3 Å². The summed E-state index contributed by atoms with van der Waals surface area (Å²) in [6, 6.07) is 13.4. The van der Waals surface area contributed by atoms with Crippen molar-refractivity contribution >= 4 is 22.7 Å². The Kier molecular flexibility index (Phi) is 5.46. The lowest BCUT2D eigenvalue weighted by Gasteiger charge is -2.31. The first-order chi connectivity index (χ1) is 15.6. The molecule has 1 amide bonds. The number of rotatable bonds is 6. The van der Waals surface area contributed by atoms with Gasteiger partial charge in [-0.3, -0.25) is 19.5 Å². The number of benzene rings is 1. The van der Waals surface area contributed by atoms with Crippen LogP contribution < -0.4 is 0 Å². The molecule has 164 valence electrons. The van der Waals surface area contributed by atoms with Crippen molar-refractivity contribution in [1.82, 2.24) is 14.8 Å². The molecule has 2 aromatic heterocycles. The highest BCUT2D eigenvalue weighted by atomic mass is 16.5. The van der Waals surface area contributed by atoms with Crippen molar-refractivity contribution in [2.45, 2.75) is 6.04 Å². The third-order valence-corrected chi connectivity index (χ3v) is 5.93. The Morgan fingerprint density at radius 1 is 1.09 bits per heavy atom. The first-order valence-electron chi connectivity index (χ1n) is 10.6. The molecule has 5 rings (SSSR count). The van der Waals surface area contributed by atoms with Gasteiger partial charge in [-0.25, -0.2) is 0 Å². The van der Waals surface area contributed by atoms with Gasteiger partial charge in [0.25, 0.3) is 5.91 Å². The third kappa shape index (κ3) is 3.68. The standard InChI is InChI=1S/C24H23N3O5/c28-22(19-15-16-5-1-2-7-18(16)32-19)20-21(17-6-3-4-8-25-17)27(24(30)23(20)29)10-9-26-11-13-31-14-12-26/h1-8,15,21,29H,9-14H2. The van der Waals surface area contributed by atoms with Gasteiger partial charge in [0.1, 0.15) is 11.6 Å². The fraction of sp³-hybridized carbons (Fsp3) is 0.292. The summed E-state index contributed by atoms with van der Waals surface area (Å²) >= 11 is 0. The van der Waals surface area contributed by atoms with Gasteiger partial charge in [0.15, 0.2) is 11.5 Å². The van der Waals surface area contributed by atoms with Crippen molar-refractivity contribution in [3.63, 3.8) is 0 Å². The van der Waals surface area contributed by atoms with Crippen molar-refractivity contribution in [3.8, 4) is 0 Å². The Labute approximate surface area is 184 Å². The summed E-state index contributed by atoms with van der Waals surface area (Å²) in [5.74, 6) is -1.56. The van der Waals surface area contributed by atoms with Crippen molar-refractivity contribution < 1.29 is 23.8 Å². The SMILES string of the molecule is O=C(C1=C(O)C(=O)N(CCN2CCOCC2)C1c1ccccn1)c1cc2ccccc2o1. The predicted octanol–water partition coefficient (Wildman–Crippen LogP) is 2.74. The van der Waals surface area contributed by atoms with E-state index in [1.807, 2.05) is 18.2 Å². The second kappa shape index (κ2) is 8.57. The maximum absolute atomic E-state index is 13.5. The van der Waals surface area contributed by atoms with E-state index in [0.717, 1.165) is 18.5 Å². The molecule has 1 aromatic carbocycles. The molecule has 0 spiro atoms. The Balaban J connectivity index is 1.49. The number of aliphatic hydroxyl groups is 1. The van der Waals surface area contributed by atoms with E-state index in [1.165, 1.54) is 4.90 Å². The number of para-hydroxylation sites is 1. The first kappa shape index (κ1) is 20.4. The van der Waals surface area contributed by atoms with Crippen LogP contribution in [0.3, 0.4) is 0 Å². The van der Waals surface area contributed by atoms with E-state index in [2.05, 4.69) is 9.88 Å². The van der Waals surface area contributed by atoms with Crippen LogP contribution in [-0.2, 0) is 9.53 Å². The molecule has 2 aliphatic heterocycles. The van der Waals surface area contributed by atoms with E-state index in [1.54, 1.807) is 36.5 Å². The molecule has 8 nitrogen and oxygen atoms in total. The lowest BCUT2D eigenvalue weighted by molar-refractivity contribution is -0.129. The van der Waals surface area contributed by atoms with E-state index in [9.17, 15) is 14.7 Å². The highest BCUT2D eigenvalue weighted by molar-refractivity contribution is 6.15. The Bertz CT molecular complexity index is 1150. The van der Waals surface area contributed by atoms with Crippen LogP contribution in [0.5, 0.6) is 0 Å². The van der Waals surface area contributed by atoms with Crippen molar-refractivity contribution in [1.29, 1.82) is 0 Å². The van der Waals surface area contributed by atoms with Crippen LogP contribution in [0.1, 0.15) is 22.3 Å². The van der Waals surface area contributed by atoms with Gasteiger partial charge >= 0.3 is 0 Å². The van der Waals surface area contributed by atoms with Crippen molar-refractivity contribution in [2.24, 2.45) is 0 Å². The molecule has 0 bridgehead atoms. The maximum Gasteiger partial charge on any atom is 0.290 e. The smallest absolute Gasteiger partial charge is 0.290 e. The van der Waals surface area contributed by atoms with E-state index in [-0.39, 0.29) is 11.3 Å². The molecule has 1 fully saturated rings. The molecule has 1 atom stereocenters. The Morgan fingerprint density at radius 2 is 1.88 bits per heavy atom. The summed E-state index contributed by atoms with van der Waals surface area (Å²) in [4.78, 5) is 34.6. The molecule has 8 heteroatoms. The zero-order valence-corrected chi connectivity index (χ0v) is 17.4.